The quantitative estimate of drug-likeness (QED) is 0.802. The Hall–Kier alpha value is -2.49. The van der Waals surface area contributed by atoms with Gasteiger partial charge in [0, 0.05) is 43.0 Å². The molecule has 4 nitrogen and oxygen atoms in total. The van der Waals surface area contributed by atoms with Gasteiger partial charge in [0.25, 0.3) is 0 Å². The Morgan fingerprint density at radius 2 is 1.86 bits per heavy atom. The maximum atomic E-state index is 11.4. The zero-order valence-corrected chi connectivity index (χ0v) is 12.6. The van der Waals surface area contributed by atoms with E-state index in [2.05, 4.69) is 48.1 Å². The van der Waals surface area contributed by atoms with Crippen molar-refractivity contribution < 1.29 is 0 Å². The average molecular weight is 281 g/mol. The Labute approximate surface area is 123 Å². The molecule has 108 valence electrons. The number of hydrogen-bond acceptors (Lipinski definition) is 2. The third kappa shape index (κ3) is 2.33. The minimum Gasteiger partial charge on any atom is -0.378 e. The van der Waals surface area contributed by atoms with Crippen LogP contribution in [-0.2, 0) is 20.6 Å². The molecule has 1 aromatic carbocycles. The number of benzene rings is 1. The predicted molar refractivity (Wildman–Crippen MR) is 86.7 cm³/mol. The number of para-hydroxylation sites is 1. The van der Waals surface area contributed by atoms with Gasteiger partial charge in [-0.1, -0.05) is 18.2 Å². The van der Waals surface area contributed by atoms with Gasteiger partial charge in [-0.15, -0.1) is 0 Å². The van der Waals surface area contributed by atoms with Crippen LogP contribution in [0.1, 0.15) is 11.3 Å². The second-order valence-corrected chi connectivity index (χ2v) is 5.37. The van der Waals surface area contributed by atoms with Crippen molar-refractivity contribution in [1.29, 1.82) is 0 Å². The largest absolute Gasteiger partial charge is 0.378 e. The molecule has 2 heterocycles. The molecular weight excluding hydrogens is 262 g/mol. The van der Waals surface area contributed by atoms with Gasteiger partial charge in [0.1, 0.15) is 0 Å². The molecule has 3 aromatic rings. The summed E-state index contributed by atoms with van der Waals surface area (Å²) in [6, 6.07) is 11.8. The van der Waals surface area contributed by atoms with Gasteiger partial charge < -0.3 is 14.5 Å². The van der Waals surface area contributed by atoms with Crippen molar-refractivity contribution in [2.45, 2.75) is 13.5 Å². The van der Waals surface area contributed by atoms with E-state index in [0.29, 0.717) is 0 Å². The number of fused-ring (bicyclic) bond motifs is 1. The van der Waals surface area contributed by atoms with Gasteiger partial charge >= 0.3 is 0 Å². The number of anilines is 1. The van der Waals surface area contributed by atoms with E-state index in [9.17, 15) is 4.79 Å². The zero-order valence-electron chi connectivity index (χ0n) is 12.6. The highest BCUT2D eigenvalue weighted by atomic mass is 16.1. The molecule has 0 fully saturated rings. The Morgan fingerprint density at radius 1 is 1.10 bits per heavy atom. The van der Waals surface area contributed by atoms with Gasteiger partial charge in [0.2, 0.25) is 5.56 Å². The van der Waals surface area contributed by atoms with Crippen molar-refractivity contribution in [3.63, 3.8) is 0 Å². The van der Waals surface area contributed by atoms with Crippen molar-refractivity contribution >= 4 is 16.6 Å². The van der Waals surface area contributed by atoms with Crippen LogP contribution < -0.4 is 10.9 Å². The fourth-order valence-corrected chi connectivity index (χ4v) is 2.77. The van der Waals surface area contributed by atoms with E-state index in [1.165, 1.54) is 22.2 Å². The molecule has 0 aliphatic carbocycles. The monoisotopic (exact) mass is 281 g/mol. The topological polar surface area (TPSA) is 39.0 Å². The molecule has 4 heteroatoms. The molecule has 0 aliphatic heterocycles. The van der Waals surface area contributed by atoms with E-state index in [4.69, 9.17) is 0 Å². The second kappa shape index (κ2) is 5.13. The fourth-order valence-electron chi connectivity index (χ4n) is 2.77. The first-order valence-corrected chi connectivity index (χ1v) is 7.01. The average Bonchev–Trinajstić information content (AvgIpc) is 2.73. The van der Waals surface area contributed by atoms with Gasteiger partial charge in [-0.2, -0.15) is 0 Å². The zero-order chi connectivity index (χ0) is 15.0. The van der Waals surface area contributed by atoms with Crippen molar-refractivity contribution in [3.05, 3.63) is 64.2 Å². The van der Waals surface area contributed by atoms with Crippen molar-refractivity contribution in [1.82, 2.24) is 9.13 Å². The van der Waals surface area contributed by atoms with Crippen LogP contribution in [-0.4, -0.2) is 9.13 Å². The summed E-state index contributed by atoms with van der Waals surface area (Å²) in [5.74, 6) is 0. The van der Waals surface area contributed by atoms with E-state index in [0.717, 1.165) is 12.2 Å². The molecule has 3 rings (SSSR count). The first-order chi connectivity index (χ1) is 10.1. The summed E-state index contributed by atoms with van der Waals surface area (Å²) in [6.45, 7) is 2.88. The van der Waals surface area contributed by atoms with Gasteiger partial charge in [0.15, 0.2) is 0 Å². The summed E-state index contributed by atoms with van der Waals surface area (Å²) in [4.78, 5) is 11.4. The smallest absolute Gasteiger partial charge is 0.250 e. The molecule has 0 radical (unpaired) electrons. The van der Waals surface area contributed by atoms with Crippen LogP contribution in [0, 0.1) is 6.92 Å². The molecule has 0 unspecified atom stereocenters. The maximum Gasteiger partial charge on any atom is 0.250 e. The van der Waals surface area contributed by atoms with Crippen LogP contribution >= 0.6 is 0 Å². The van der Waals surface area contributed by atoms with Crippen LogP contribution in [0.3, 0.4) is 0 Å². The molecule has 0 spiro atoms. The minimum atomic E-state index is 0.00124. The highest BCUT2D eigenvalue weighted by Gasteiger charge is 2.10. The number of aromatic nitrogens is 2. The Kier molecular flexibility index (Phi) is 3.29. The van der Waals surface area contributed by atoms with Gasteiger partial charge in [-0.05, 0) is 24.6 Å². The lowest BCUT2D eigenvalue weighted by Crippen LogP contribution is -2.15. The van der Waals surface area contributed by atoms with Gasteiger partial charge in [-0.3, -0.25) is 4.79 Å². The van der Waals surface area contributed by atoms with Crippen molar-refractivity contribution in [2.24, 2.45) is 14.1 Å². The van der Waals surface area contributed by atoms with Crippen molar-refractivity contribution in [3.8, 4) is 0 Å². The first-order valence-electron chi connectivity index (χ1n) is 7.01. The fraction of sp³-hybridized carbons (Fsp3) is 0.235. The van der Waals surface area contributed by atoms with E-state index in [1.54, 1.807) is 17.7 Å². The van der Waals surface area contributed by atoms with E-state index >= 15 is 0 Å². The van der Waals surface area contributed by atoms with Crippen LogP contribution in [0.15, 0.2) is 47.4 Å². The number of hydrogen-bond donors (Lipinski definition) is 1. The summed E-state index contributed by atoms with van der Waals surface area (Å²) in [7, 11) is 3.85. The Balaban J connectivity index is 1.91. The lowest BCUT2D eigenvalue weighted by atomic mass is 10.1. The number of rotatable bonds is 3. The van der Waals surface area contributed by atoms with E-state index < -0.39 is 0 Å². The number of aryl methyl sites for hydroxylation is 3. The molecule has 0 saturated heterocycles. The summed E-state index contributed by atoms with van der Waals surface area (Å²) in [6.07, 6.45) is 1.82. The number of pyridine rings is 1. The molecule has 0 amide bonds. The maximum absolute atomic E-state index is 11.4. The minimum absolute atomic E-state index is 0.00124. The molecule has 0 bridgehead atoms. The Bertz CT molecular complexity index is 819. The van der Waals surface area contributed by atoms with Crippen LogP contribution in [0.25, 0.3) is 10.9 Å². The molecule has 0 atom stereocenters. The normalized spacial score (nSPS) is 11.0. The lowest BCUT2D eigenvalue weighted by molar-refractivity contribution is 0.844. The second-order valence-electron chi connectivity index (χ2n) is 5.37. The van der Waals surface area contributed by atoms with Crippen molar-refractivity contribution in [2.75, 3.05) is 5.32 Å². The Morgan fingerprint density at radius 3 is 2.57 bits per heavy atom. The number of nitrogens with zero attached hydrogens (tertiary/aromatic N) is 2. The summed E-state index contributed by atoms with van der Waals surface area (Å²) >= 11 is 0. The standard InChI is InChI=1S/C17H19N3O/c1-12-14-6-4-5-7-15(14)20(3)16(12)10-18-13-8-9-17(21)19(2)11-13/h4-9,11,18H,10H2,1-3H3. The van der Waals surface area contributed by atoms with Crippen LogP contribution in [0.4, 0.5) is 5.69 Å². The summed E-state index contributed by atoms with van der Waals surface area (Å²) < 4.78 is 3.80. The van der Waals surface area contributed by atoms with E-state index in [-0.39, 0.29) is 5.56 Å². The summed E-state index contributed by atoms with van der Waals surface area (Å²) in [5, 5.41) is 4.68. The van der Waals surface area contributed by atoms with Gasteiger partial charge in [-0.25, -0.2) is 0 Å². The highest BCUT2D eigenvalue weighted by Crippen LogP contribution is 2.24. The molecule has 2 aromatic heterocycles. The highest BCUT2D eigenvalue weighted by molar-refractivity contribution is 5.85. The molecule has 21 heavy (non-hydrogen) atoms. The number of nitrogens with one attached hydrogen (secondary N) is 1. The van der Waals surface area contributed by atoms with Crippen LogP contribution in [0.2, 0.25) is 0 Å². The molecule has 1 N–H and O–H groups in total. The third-order valence-corrected chi connectivity index (χ3v) is 4.05. The lowest BCUT2D eigenvalue weighted by Gasteiger charge is -2.10. The SMILES string of the molecule is Cc1c(CNc2ccc(=O)n(C)c2)n(C)c2ccccc12. The predicted octanol–water partition coefficient (Wildman–Crippen LogP) is 2.80. The molecule has 0 aliphatic rings. The third-order valence-electron chi connectivity index (χ3n) is 4.05. The van der Waals surface area contributed by atoms with Crippen LogP contribution in [0.5, 0.6) is 0 Å². The molecule has 0 saturated carbocycles. The summed E-state index contributed by atoms with van der Waals surface area (Å²) in [5.41, 5.74) is 4.74. The van der Waals surface area contributed by atoms with E-state index in [1.807, 2.05) is 12.3 Å². The van der Waals surface area contributed by atoms with Gasteiger partial charge in [0.05, 0.1) is 12.2 Å². The first kappa shape index (κ1) is 13.5. The molecular formula is C17H19N3O.